The number of aromatic nitrogens is 1. The third-order valence-corrected chi connectivity index (χ3v) is 3.67. The highest BCUT2D eigenvalue weighted by molar-refractivity contribution is 6.04. The molecule has 0 unspecified atom stereocenters. The normalized spacial score (nSPS) is 10.4. The predicted octanol–water partition coefficient (Wildman–Crippen LogP) is 2.72. The maximum absolute atomic E-state index is 12.4. The molecule has 0 aliphatic rings. The number of ether oxygens (including phenoxy) is 1. The Hall–Kier alpha value is -2.73. The van der Waals surface area contributed by atoms with Crippen LogP contribution < -0.4 is 10.6 Å². The number of aryl methyl sites for hydroxylation is 2. The molecular weight excluding hydrogens is 318 g/mol. The first-order valence-corrected chi connectivity index (χ1v) is 8.14. The molecule has 2 amide bonds. The Morgan fingerprint density at radius 1 is 1.08 bits per heavy atom. The van der Waals surface area contributed by atoms with Gasteiger partial charge in [0.1, 0.15) is 11.4 Å². The second kappa shape index (κ2) is 8.94. The van der Waals surface area contributed by atoms with E-state index < -0.39 is 0 Å². The maximum Gasteiger partial charge on any atom is 0.274 e. The lowest BCUT2D eigenvalue weighted by atomic mass is 10.1. The number of pyridine rings is 1. The van der Waals surface area contributed by atoms with Crippen molar-refractivity contribution in [1.82, 2.24) is 10.3 Å². The highest BCUT2D eigenvalue weighted by atomic mass is 16.5. The molecule has 132 valence electrons. The largest absolute Gasteiger partial charge is 0.385 e. The molecule has 1 aromatic carbocycles. The van der Waals surface area contributed by atoms with Crippen molar-refractivity contribution in [3.05, 3.63) is 58.9 Å². The second-order valence-corrected chi connectivity index (χ2v) is 5.78. The molecule has 6 heteroatoms. The van der Waals surface area contributed by atoms with E-state index in [0.717, 1.165) is 23.2 Å². The van der Waals surface area contributed by atoms with Gasteiger partial charge in [-0.15, -0.1) is 0 Å². The topological polar surface area (TPSA) is 80.3 Å². The van der Waals surface area contributed by atoms with Gasteiger partial charge in [-0.05, 0) is 49.6 Å². The quantitative estimate of drug-likeness (QED) is 0.759. The Morgan fingerprint density at radius 2 is 1.80 bits per heavy atom. The molecule has 0 aliphatic heterocycles. The van der Waals surface area contributed by atoms with E-state index in [4.69, 9.17) is 4.74 Å². The molecule has 1 heterocycles. The summed E-state index contributed by atoms with van der Waals surface area (Å²) in [6.45, 7) is 4.95. The number of hydrogen-bond donors (Lipinski definition) is 2. The summed E-state index contributed by atoms with van der Waals surface area (Å²) in [7, 11) is 1.61. The van der Waals surface area contributed by atoms with Gasteiger partial charge in [0.05, 0.1) is 0 Å². The van der Waals surface area contributed by atoms with Crippen LogP contribution in [0, 0.1) is 13.8 Å². The SMILES string of the molecule is COCCCNC(=O)c1cccc(C(=O)Nc2cc(C)ccc2C)n1. The standard InChI is InChI=1S/C19H23N3O3/c1-13-8-9-14(2)17(12-13)22-19(24)16-7-4-6-15(21-16)18(23)20-10-5-11-25-3/h4,6-9,12H,5,10-11H2,1-3H3,(H,20,23)(H,22,24). The van der Waals surface area contributed by atoms with Gasteiger partial charge < -0.3 is 15.4 Å². The van der Waals surface area contributed by atoms with Gasteiger partial charge in [-0.3, -0.25) is 9.59 Å². The summed E-state index contributed by atoms with van der Waals surface area (Å²) >= 11 is 0. The molecule has 6 nitrogen and oxygen atoms in total. The van der Waals surface area contributed by atoms with Crippen molar-refractivity contribution in [1.29, 1.82) is 0 Å². The van der Waals surface area contributed by atoms with Crippen LogP contribution in [0.2, 0.25) is 0 Å². The van der Waals surface area contributed by atoms with Crippen LogP contribution in [0.5, 0.6) is 0 Å². The number of carbonyl (C=O) groups excluding carboxylic acids is 2. The smallest absolute Gasteiger partial charge is 0.274 e. The van der Waals surface area contributed by atoms with E-state index in [2.05, 4.69) is 15.6 Å². The highest BCUT2D eigenvalue weighted by Gasteiger charge is 2.13. The third-order valence-electron chi connectivity index (χ3n) is 3.67. The van der Waals surface area contributed by atoms with Crippen LogP contribution in [0.1, 0.15) is 38.5 Å². The van der Waals surface area contributed by atoms with E-state index >= 15 is 0 Å². The van der Waals surface area contributed by atoms with E-state index in [9.17, 15) is 9.59 Å². The number of benzene rings is 1. The molecule has 0 atom stereocenters. The predicted molar refractivity (Wildman–Crippen MR) is 96.9 cm³/mol. The Morgan fingerprint density at radius 3 is 2.52 bits per heavy atom. The fourth-order valence-electron chi connectivity index (χ4n) is 2.25. The number of rotatable bonds is 7. The van der Waals surface area contributed by atoms with E-state index in [1.54, 1.807) is 25.3 Å². The lowest BCUT2D eigenvalue weighted by molar-refractivity contribution is 0.0943. The molecular formula is C19H23N3O3. The van der Waals surface area contributed by atoms with Crippen molar-refractivity contribution >= 4 is 17.5 Å². The van der Waals surface area contributed by atoms with Crippen molar-refractivity contribution in [2.45, 2.75) is 20.3 Å². The molecule has 0 fully saturated rings. The Kier molecular flexibility index (Phi) is 6.65. The fourth-order valence-corrected chi connectivity index (χ4v) is 2.25. The van der Waals surface area contributed by atoms with Crippen molar-refractivity contribution in [2.75, 3.05) is 25.6 Å². The number of methoxy groups -OCH3 is 1. The zero-order valence-corrected chi connectivity index (χ0v) is 14.8. The summed E-state index contributed by atoms with van der Waals surface area (Å²) in [5, 5.41) is 5.60. The van der Waals surface area contributed by atoms with Gasteiger partial charge >= 0.3 is 0 Å². The summed E-state index contributed by atoms with van der Waals surface area (Å²) < 4.78 is 4.93. The molecule has 0 spiro atoms. The van der Waals surface area contributed by atoms with E-state index in [0.29, 0.717) is 13.2 Å². The number of amides is 2. The van der Waals surface area contributed by atoms with E-state index in [1.165, 1.54) is 0 Å². The van der Waals surface area contributed by atoms with Gasteiger partial charge in [0, 0.05) is 25.9 Å². The van der Waals surface area contributed by atoms with Gasteiger partial charge in [-0.2, -0.15) is 0 Å². The molecule has 2 rings (SSSR count). The average molecular weight is 341 g/mol. The van der Waals surface area contributed by atoms with Gasteiger partial charge in [-0.25, -0.2) is 4.98 Å². The molecule has 2 aromatic rings. The van der Waals surface area contributed by atoms with Gasteiger partial charge in [0.25, 0.3) is 11.8 Å². The zero-order valence-electron chi connectivity index (χ0n) is 14.8. The number of carbonyl (C=O) groups is 2. The molecule has 0 saturated carbocycles. The van der Waals surface area contributed by atoms with Crippen molar-refractivity contribution < 1.29 is 14.3 Å². The molecule has 25 heavy (non-hydrogen) atoms. The third kappa shape index (κ3) is 5.39. The van der Waals surface area contributed by atoms with E-state index in [-0.39, 0.29) is 23.2 Å². The summed E-state index contributed by atoms with van der Waals surface area (Å²) in [5.74, 6) is -0.653. The highest BCUT2D eigenvalue weighted by Crippen LogP contribution is 2.17. The van der Waals surface area contributed by atoms with Crippen LogP contribution in [-0.2, 0) is 4.74 Å². The molecule has 2 N–H and O–H groups in total. The number of nitrogens with one attached hydrogen (secondary N) is 2. The minimum Gasteiger partial charge on any atom is -0.385 e. The Labute approximate surface area is 147 Å². The van der Waals surface area contributed by atoms with Gasteiger partial charge in [-0.1, -0.05) is 18.2 Å². The summed E-state index contributed by atoms with van der Waals surface area (Å²) in [4.78, 5) is 28.7. The summed E-state index contributed by atoms with van der Waals surface area (Å²) in [6.07, 6.45) is 0.717. The Balaban J connectivity index is 2.05. The first kappa shape index (κ1) is 18.6. The first-order valence-electron chi connectivity index (χ1n) is 8.14. The first-order chi connectivity index (χ1) is 12.0. The fraction of sp³-hybridized carbons (Fsp3) is 0.316. The number of nitrogens with zero attached hydrogens (tertiary/aromatic N) is 1. The lowest BCUT2D eigenvalue weighted by Gasteiger charge is -2.10. The van der Waals surface area contributed by atoms with E-state index in [1.807, 2.05) is 32.0 Å². The second-order valence-electron chi connectivity index (χ2n) is 5.78. The van der Waals surface area contributed by atoms with Gasteiger partial charge in [0.2, 0.25) is 0 Å². The maximum atomic E-state index is 12.4. The van der Waals surface area contributed by atoms with Crippen LogP contribution in [0.25, 0.3) is 0 Å². The minimum absolute atomic E-state index is 0.199. The Bertz CT molecular complexity index is 759. The van der Waals surface area contributed by atoms with Crippen LogP contribution in [0.4, 0.5) is 5.69 Å². The lowest BCUT2D eigenvalue weighted by Crippen LogP contribution is -2.27. The summed E-state index contributed by atoms with van der Waals surface area (Å²) in [6, 6.07) is 10.7. The summed E-state index contributed by atoms with van der Waals surface area (Å²) in [5.41, 5.74) is 3.17. The molecule has 0 bridgehead atoms. The van der Waals surface area contributed by atoms with Crippen molar-refractivity contribution in [3.63, 3.8) is 0 Å². The molecule has 0 aliphatic carbocycles. The van der Waals surface area contributed by atoms with Crippen LogP contribution in [0.15, 0.2) is 36.4 Å². The molecule has 0 radical (unpaired) electrons. The average Bonchev–Trinajstić information content (AvgIpc) is 2.61. The molecule has 0 saturated heterocycles. The van der Waals surface area contributed by atoms with Crippen LogP contribution in [-0.4, -0.2) is 37.1 Å². The molecule has 1 aromatic heterocycles. The zero-order chi connectivity index (χ0) is 18.2. The monoisotopic (exact) mass is 341 g/mol. The number of anilines is 1. The number of hydrogen-bond acceptors (Lipinski definition) is 4. The van der Waals surface area contributed by atoms with Crippen molar-refractivity contribution in [3.8, 4) is 0 Å². The van der Waals surface area contributed by atoms with Gasteiger partial charge in [0.15, 0.2) is 0 Å². The van der Waals surface area contributed by atoms with Crippen LogP contribution in [0.3, 0.4) is 0 Å². The minimum atomic E-state index is -0.345. The van der Waals surface area contributed by atoms with Crippen molar-refractivity contribution in [2.24, 2.45) is 0 Å². The van der Waals surface area contributed by atoms with Crippen LogP contribution >= 0.6 is 0 Å².